The number of carbonyl (C=O) groups is 2. The molecule has 0 saturated carbocycles. The van der Waals surface area contributed by atoms with Crippen molar-refractivity contribution < 1.29 is 19.1 Å². The van der Waals surface area contributed by atoms with Gasteiger partial charge in [0.1, 0.15) is 5.75 Å². The molecule has 1 amide bonds. The minimum Gasteiger partial charge on any atom is -0.446 e. The van der Waals surface area contributed by atoms with Gasteiger partial charge in [-0.25, -0.2) is 0 Å². The molecule has 6 rings (SSSR count). The molecule has 0 fully saturated rings. The number of hydrazone groups is 1. The molecule has 0 bridgehead atoms. The second kappa shape index (κ2) is 8.78. The minimum atomic E-state index is -0.753. The van der Waals surface area contributed by atoms with Crippen LogP contribution in [0.5, 0.6) is 5.75 Å². The Labute approximate surface area is 213 Å². The molecule has 37 heavy (non-hydrogen) atoms. The van der Waals surface area contributed by atoms with Crippen LogP contribution in [0, 0.1) is 0 Å². The highest BCUT2D eigenvalue weighted by Gasteiger charge is 2.35. The van der Waals surface area contributed by atoms with Crippen molar-refractivity contribution in [2.24, 2.45) is 5.10 Å². The van der Waals surface area contributed by atoms with E-state index in [1.54, 1.807) is 6.07 Å². The first-order valence-electron chi connectivity index (χ1n) is 12.2. The first kappa shape index (κ1) is 22.8. The molecule has 0 unspecified atom stereocenters. The van der Waals surface area contributed by atoms with Crippen LogP contribution in [0.25, 0.3) is 32.6 Å². The molecule has 1 aliphatic rings. The summed E-state index contributed by atoms with van der Waals surface area (Å²) in [5, 5.41) is 9.95. The molecule has 0 saturated heterocycles. The number of rotatable bonds is 4. The molecule has 0 radical (unpaired) electrons. The zero-order valence-corrected chi connectivity index (χ0v) is 20.8. The lowest BCUT2D eigenvalue weighted by Gasteiger charge is -2.19. The van der Waals surface area contributed by atoms with Gasteiger partial charge < -0.3 is 14.0 Å². The van der Waals surface area contributed by atoms with Crippen LogP contribution in [0.3, 0.4) is 0 Å². The molecule has 7 heteroatoms. The summed E-state index contributed by atoms with van der Waals surface area (Å²) in [4.78, 5) is 24.5. The summed E-state index contributed by atoms with van der Waals surface area (Å²) in [5.41, 5.74) is 3.58. The fourth-order valence-corrected chi connectivity index (χ4v) is 5.08. The van der Waals surface area contributed by atoms with Gasteiger partial charge in [0.05, 0.1) is 5.56 Å². The smallest absolute Gasteiger partial charge is 0.308 e. The summed E-state index contributed by atoms with van der Waals surface area (Å²) >= 11 is 0. The Hall–Kier alpha value is -4.65. The Bertz CT molecular complexity index is 1750. The van der Waals surface area contributed by atoms with E-state index in [1.807, 2.05) is 48.5 Å². The topological polar surface area (TPSA) is 73.1 Å². The highest BCUT2D eigenvalue weighted by atomic mass is 16.5. The Balaban J connectivity index is 1.46. The summed E-state index contributed by atoms with van der Waals surface area (Å²) in [5.74, 6) is -0.160. The first-order chi connectivity index (χ1) is 17.9. The maximum absolute atomic E-state index is 12.7. The van der Waals surface area contributed by atoms with Gasteiger partial charge in [0, 0.05) is 47.8 Å². The number of aryl methyl sites for hydroxylation is 1. The van der Waals surface area contributed by atoms with E-state index in [0.717, 1.165) is 44.7 Å². The van der Waals surface area contributed by atoms with Crippen molar-refractivity contribution in [3.05, 3.63) is 90.0 Å². The normalized spacial score (nSPS) is 15.3. The van der Waals surface area contributed by atoms with Gasteiger partial charge in [0.25, 0.3) is 0 Å². The fraction of sp³-hybridized carbons (Fsp3) is 0.167. The minimum absolute atomic E-state index is 0.221. The zero-order chi connectivity index (χ0) is 25.7. The number of hydrogen-bond acceptors (Lipinski definition) is 5. The average molecular weight is 492 g/mol. The number of para-hydroxylation sites is 1. The third-order valence-electron chi connectivity index (χ3n) is 6.70. The van der Waals surface area contributed by atoms with E-state index in [2.05, 4.69) is 40.9 Å². The number of aromatic nitrogens is 1. The van der Waals surface area contributed by atoms with E-state index in [4.69, 9.17) is 9.47 Å². The van der Waals surface area contributed by atoms with Crippen LogP contribution >= 0.6 is 0 Å². The van der Waals surface area contributed by atoms with Crippen LogP contribution in [0.1, 0.15) is 38.1 Å². The summed E-state index contributed by atoms with van der Waals surface area (Å²) < 4.78 is 14.1. The summed E-state index contributed by atoms with van der Waals surface area (Å²) in [6.45, 7) is 5.78. The van der Waals surface area contributed by atoms with Crippen molar-refractivity contribution in [2.45, 2.75) is 33.5 Å². The van der Waals surface area contributed by atoms with Gasteiger partial charge in [-0.15, -0.1) is 5.10 Å². The Morgan fingerprint density at radius 3 is 2.32 bits per heavy atom. The monoisotopic (exact) mass is 491 g/mol. The maximum atomic E-state index is 12.7. The van der Waals surface area contributed by atoms with E-state index in [1.165, 1.54) is 18.9 Å². The van der Waals surface area contributed by atoms with Crippen LogP contribution < -0.4 is 4.74 Å². The van der Waals surface area contributed by atoms with Crippen molar-refractivity contribution in [1.29, 1.82) is 0 Å². The standard InChI is InChI=1S/C30H25N3O4/c1-4-32-26-12-8-7-11-23(26)24-16-22(13-14-27(24)32)30-33(18(2)34)31-29(37-30)25-15-20-9-5-6-10-21(20)17-28(25)36-19(3)35/h5-17,30H,4H2,1-3H3/t30-/m1/s1. The van der Waals surface area contributed by atoms with Crippen molar-refractivity contribution in [2.75, 3.05) is 0 Å². The molecule has 2 heterocycles. The number of hydrogen-bond donors (Lipinski definition) is 0. The lowest BCUT2D eigenvalue weighted by molar-refractivity contribution is -0.135. The molecule has 0 aliphatic carbocycles. The quantitative estimate of drug-likeness (QED) is 0.224. The van der Waals surface area contributed by atoms with E-state index in [9.17, 15) is 9.59 Å². The Morgan fingerprint density at radius 2 is 1.59 bits per heavy atom. The Morgan fingerprint density at radius 1 is 0.892 bits per heavy atom. The van der Waals surface area contributed by atoms with Crippen LogP contribution in [0.15, 0.2) is 84.0 Å². The van der Waals surface area contributed by atoms with Gasteiger partial charge in [0.15, 0.2) is 0 Å². The van der Waals surface area contributed by atoms with Gasteiger partial charge in [-0.1, -0.05) is 48.5 Å². The van der Waals surface area contributed by atoms with E-state index >= 15 is 0 Å². The highest BCUT2D eigenvalue weighted by Crippen LogP contribution is 2.37. The number of carbonyl (C=O) groups excluding carboxylic acids is 2. The number of ether oxygens (including phenoxy) is 2. The number of nitrogens with zero attached hydrogens (tertiary/aromatic N) is 3. The SMILES string of the molecule is CCn1c2ccccc2c2cc([C@H]3OC(c4cc5ccccc5cc4OC(C)=O)=NN3C(C)=O)ccc21. The summed E-state index contributed by atoms with van der Waals surface area (Å²) in [6.07, 6.45) is -0.753. The van der Waals surface area contributed by atoms with Gasteiger partial charge in [-0.3, -0.25) is 9.59 Å². The molecule has 1 aromatic heterocycles. The first-order valence-corrected chi connectivity index (χ1v) is 12.2. The number of fused-ring (bicyclic) bond motifs is 4. The van der Waals surface area contributed by atoms with E-state index < -0.39 is 12.2 Å². The number of esters is 1. The van der Waals surface area contributed by atoms with E-state index in [0.29, 0.717) is 11.3 Å². The summed E-state index contributed by atoms with van der Waals surface area (Å²) in [7, 11) is 0. The molecule has 0 spiro atoms. The van der Waals surface area contributed by atoms with Gasteiger partial charge in [0.2, 0.25) is 18.0 Å². The molecule has 4 aromatic carbocycles. The second-order valence-corrected chi connectivity index (χ2v) is 9.07. The largest absolute Gasteiger partial charge is 0.446 e. The molecular weight excluding hydrogens is 466 g/mol. The maximum Gasteiger partial charge on any atom is 0.308 e. The predicted molar refractivity (Wildman–Crippen MR) is 143 cm³/mol. The zero-order valence-electron chi connectivity index (χ0n) is 20.8. The van der Waals surface area contributed by atoms with Gasteiger partial charge >= 0.3 is 5.97 Å². The molecule has 0 N–H and O–H groups in total. The van der Waals surface area contributed by atoms with Crippen molar-refractivity contribution in [3.63, 3.8) is 0 Å². The molecule has 1 aliphatic heterocycles. The third kappa shape index (κ3) is 3.80. The Kier molecular flexibility index (Phi) is 5.41. The lowest BCUT2D eigenvalue weighted by Crippen LogP contribution is -2.25. The second-order valence-electron chi connectivity index (χ2n) is 9.07. The fourth-order valence-electron chi connectivity index (χ4n) is 5.08. The van der Waals surface area contributed by atoms with Crippen molar-refractivity contribution in [1.82, 2.24) is 9.58 Å². The third-order valence-corrected chi connectivity index (χ3v) is 6.70. The van der Waals surface area contributed by atoms with Crippen LogP contribution in [0.2, 0.25) is 0 Å². The highest BCUT2D eigenvalue weighted by molar-refractivity contribution is 6.08. The van der Waals surface area contributed by atoms with Crippen LogP contribution in [0.4, 0.5) is 0 Å². The van der Waals surface area contributed by atoms with Gasteiger partial charge in [-0.2, -0.15) is 5.01 Å². The predicted octanol–water partition coefficient (Wildman–Crippen LogP) is 6.13. The van der Waals surface area contributed by atoms with E-state index in [-0.39, 0.29) is 11.8 Å². The molecule has 5 aromatic rings. The molecule has 7 nitrogen and oxygen atoms in total. The van der Waals surface area contributed by atoms with Crippen LogP contribution in [-0.4, -0.2) is 27.4 Å². The van der Waals surface area contributed by atoms with Crippen molar-refractivity contribution >= 4 is 50.4 Å². The van der Waals surface area contributed by atoms with Gasteiger partial charge in [-0.05, 0) is 48.0 Å². The summed E-state index contributed by atoms with van der Waals surface area (Å²) in [6, 6.07) is 25.8. The van der Waals surface area contributed by atoms with Crippen molar-refractivity contribution in [3.8, 4) is 5.75 Å². The molecule has 1 atom stereocenters. The molecular formula is C30H25N3O4. The number of benzene rings is 4. The number of amides is 1. The average Bonchev–Trinajstić information content (AvgIpc) is 3.47. The lowest BCUT2D eigenvalue weighted by atomic mass is 10.1. The van der Waals surface area contributed by atoms with Crippen LogP contribution in [-0.2, 0) is 20.9 Å². The molecule has 184 valence electrons.